The van der Waals surface area contributed by atoms with Crippen LogP contribution < -0.4 is 28.6 Å². The van der Waals surface area contributed by atoms with Crippen molar-refractivity contribution in [2.75, 3.05) is 0 Å². The molecule has 2 aliphatic heterocycles. The van der Waals surface area contributed by atoms with E-state index in [1.807, 2.05) is 0 Å². The third-order valence-corrected chi connectivity index (χ3v) is 8.82. The maximum atomic E-state index is 8.49. The number of rotatable bonds is 8. The number of aromatic nitrogens is 4. The van der Waals surface area contributed by atoms with E-state index in [1.165, 1.54) is 44.5 Å². The molecule has 2 aliphatic rings. The van der Waals surface area contributed by atoms with E-state index in [-0.39, 0.29) is 17.1 Å². The molecule has 5 heterocycles. The van der Waals surface area contributed by atoms with E-state index in [2.05, 4.69) is 79.7 Å². The van der Waals surface area contributed by atoms with Gasteiger partial charge >= 0.3 is 17.1 Å². The third-order valence-electron chi connectivity index (χ3n) is 8.82. The summed E-state index contributed by atoms with van der Waals surface area (Å²) in [6, 6.07) is 8.98. The van der Waals surface area contributed by atoms with Crippen LogP contribution in [0.4, 0.5) is 0 Å². The summed E-state index contributed by atoms with van der Waals surface area (Å²) in [7, 11) is -4.94. The Morgan fingerprint density at radius 3 is 0.913 bits per heavy atom. The molecule has 0 N–H and O–H groups in total. The number of hydrogen-bond acceptors (Lipinski definition) is 6. The van der Waals surface area contributed by atoms with E-state index in [4.69, 9.17) is 38.6 Å². The molecule has 0 saturated carbocycles. The van der Waals surface area contributed by atoms with Gasteiger partial charge in [0, 0.05) is 0 Å². The first kappa shape index (κ1) is 37.7. The molecule has 246 valence electrons. The number of nitrogens with zero attached hydrogens (tertiary/aromatic N) is 4. The second kappa shape index (κ2) is 15.9. The van der Waals surface area contributed by atoms with Gasteiger partial charge in [0.25, 0.3) is 0 Å². The van der Waals surface area contributed by atoms with Crippen LogP contribution in [-0.4, -0.2) is 9.97 Å². The average Bonchev–Trinajstić information content (AvgIpc) is 3.71. The van der Waals surface area contributed by atoms with Gasteiger partial charge in [-0.15, -0.1) is 32.3 Å². The summed E-state index contributed by atoms with van der Waals surface area (Å²) < 4.78 is 34.0. The minimum absolute atomic E-state index is 0. The van der Waals surface area contributed by atoms with Crippen LogP contribution in [0.3, 0.4) is 0 Å². The fraction of sp³-hybridized carbons (Fsp3) is 0.444. The van der Waals surface area contributed by atoms with Crippen molar-refractivity contribution in [1.82, 2.24) is 19.9 Å². The SMILES string of the molecule is CCC1=C(CC)c2cc3[n-]c(cc4[n-]c(cc5nc(cc1n2)C(CC)=C5CC)c(CC)c4CC)c(CC)c3CC.[Mn+3].[O-][Cl+3]([O-])([O-])[O-]. The summed E-state index contributed by atoms with van der Waals surface area (Å²) in [6.07, 6.45) is 7.60. The molecule has 0 radical (unpaired) electrons. The minimum Gasteiger partial charge on any atom is -0.657 e. The van der Waals surface area contributed by atoms with Crippen molar-refractivity contribution < 1.29 is 45.9 Å². The number of hydrogen-bond donors (Lipinski definition) is 0. The Morgan fingerprint density at radius 1 is 0.435 bits per heavy atom. The zero-order chi connectivity index (χ0) is 33.1. The maximum Gasteiger partial charge on any atom is 3.00 e. The van der Waals surface area contributed by atoms with Gasteiger partial charge in [-0.05, 0) is 79.7 Å². The van der Waals surface area contributed by atoms with Gasteiger partial charge in [0.1, 0.15) is 0 Å². The number of aryl methyl sites for hydroxylation is 4. The number of halogens is 1. The van der Waals surface area contributed by atoms with E-state index in [9.17, 15) is 0 Å². The van der Waals surface area contributed by atoms with Crippen molar-refractivity contribution in [3.8, 4) is 0 Å². The number of fused-ring (bicyclic) bond motifs is 8. The van der Waals surface area contributed by atoms with E-state index in [0.717, 1.165) is 96.2 Å². The van der Waals surface area contributed by atoms with Gasteiger partial charge in [0.05, 0.1) is 22.8 Å². The molecule has 0 aliphatic carbocycles. The maximum absolute atomic E-state index is 8.49. The Hall–Kier alpha value is -2.75. The van der Waals surface area contributed by atoms with Crippen LogP contribution in [0, 0.1) is 10.2 Å². The summed E-state index contributed by atoms with van der Waals surface area (Å²) >= 11 is 0. The molecule has 5 rings (SSSR count). The fourth-order valence-electron chi connectivity index (χ4n) is 6.92. The Balaban J connectivity index is 0.000000892. The zero-order valence-corrected chi connectivity index (χ0v) is 30.1. The predicted octanol–water partition coefficient (Wildman–Crippen LogP) is 4.53. The van der Waals surface area contributed by atoms with E-state index in [0.29, 0.717) is 0 Å². The smallest absolute Gasteiger partial charge is 0.657 e. The van der Waals surface area contributed by atoms with Crippen molar-refractivity contribution in [2.24, 2.45) is 0 Å². The van der Waals surface area contributed by atoms with E-state index < -0.39 is 10.2 Å². The van der Waals surface area contributed by atoms with Gasteiger partial charge in [-0.2, -0.15) is 0 Å². The van der Waals surface area contributed by atoms with Gasteiger partial charge < -0.3 is 9.97 Å². The minimum atomic E-state index is -4.94. The van der Waals surface area contributed by atoms with Crippen LogP contribution in [0.1, 0.15) is 126 Å². The normalized spacial score (nSPS) is 13.1. The molecule has 3 aromatic heterocycles. The molecular weight excluding hydrogens is 643 g/mol. The second-order valence-electron chi connectivity index (χ2n) is 11.1. The summed E-state index contributed by atoms with van der Waals surface area (Å²) in [5.41, 5.74) is 19.1. The van der Waals surface area contributed by atoms with Crippen LogP contribution in [-0.2, 0) is 42.8 Å². The molecular formula is C36H44ClMnN4O4. The first-order chi connectivity index (χ1) is 21.5. The molecule has 0 fully saturated rings. The first-order valence-electron chi connectivity index (χ1n) is 16.2. The monoisotopic (exact) mass is 686 g/mol. The van der Waals surface area contributed by atoms with Crippen LogP contribution in [0.15, 0.2) is 24.3 Å². The van der Waals surface area contributed by atoms with Crippen molar-refractivity contribution >= 4 is 44.4 Å². The molecule has 46 heavy (non-hydrogen) atoms. The number of allylic oxidation sites excluding steroid dienone is 4. The molecule has 3 aromatic rings. The standard InChI is InChI=1S/C36H44N4.ClHO4.Mn/c1-9-21-22(10-2)30-18-32-25(13-5)26(14-6)34(39-32)20-36-28(16-8)27(15-7)35(40-36)19-33-24(12-4)23(11-3)31(38-33)17-29(21)37-30;2-1(3,4)5;/h17-20H,9-16H2,1-8H3;(H,2,3,4,5);/q-2;;+3/p-1. The Labute approximate surface area is 285 Å². The Morgan fingerprint density at radius 2 is 0.674 bits per heavy atom. The molecule has 0 atom stereocenters. The Bertz CT molecular complexity index is 1670. The molecule has 8 nitrogen and oxygen atoms in total. The molecule has 8 bridgehead atoms. The molecule has 0 amide bonds. The van der Waals surface area contributed by atoms with Gasteiger partial charge in [-0.1, -0.05) is 95.8 Å². The molecule has 0 unspecified atom stereocenters. The molecule has 0 saturated heterocycles. The molecule has 0 aromatic carbocycles. The topological polar surface area (TPSA) is 146 Å². The van der Waals surface area contributed by atoms with Gasteiger partial charge in [-0.25, -0.2) is 28.6 Å². The van der Waals surface area contributed by atoms with Crippen LogP contribution >= 0.6 is 0 Å². The van der Waals surface area contributed by atoms with Crippen LogP contribution in [0.25, 0.3) is 44.4 Å². The van der Waals surface area contributed by atoms with Crippen molar-refractivity contribution in [3.63, 3.8) is 0 Å². The molecule has 10 heteroatoms. The zero-order valence-electron chi connectivity index (χ0n) is 28.1. The summed E-state index contributed by atoms with van der Waals surface area (Å²) in [5, 5.41) is 0. The van der Waals surface area contributed by atoms with Crippen molar-refractivity contribution in [2.45, 2.75) is 107 Å². The van der Waals surface area contributed by atoms with Gasteiger partial charge in [0.15, 0.2) is 0 Å². The summed E-state index contributed by atoms with van der Waals surface area (Å²) in [4.78, 5) is 21.0. The first-order valence-corrected chi connectivity index (χ1v) is 17.4. The summed E-state index contributed by atoms with van der Waals surface area (Å²) in [6.45, 7) is 17.9. The van der Waals surface area contributed by atoms with Crippen LogP contribution in [0.2, 0.25) is 0 Å². The third kappa shape index (κ3) is 7.69. The quantitative estimate of drug-likeness (QED) is 0.314. The molecule has 0 spiro atoms. The van der Waals surface area contributed by atoms with Crippen molar-refractivity contribution in [3.05, 3.63) is 69.3 Å². The largest absolute Gasteiger partial charge is 3.00 e. The van der Waals surface area contributed by atoms with Gasteiger partial charge in [0.2, 0.25) is 0 Å². The summed E-state index contributed by atoms with van der Waals surface area (Å²) in [5.74, 6) is 0. The predicted molar refractivity (Wildman–Crippen MR) is 171 cm³/mol. The average molecular weight is 687 g/mol. The van der Waals surface area contributed by atoms with Gasteiger partial charge in [-0.3, -0.25) is 0 Å². The van der Waals surface area contributed by atoms with E-state index >= 15 is 0 Å². The Kier molecular flexibility index (Phi) is 13.0. The van der Waals surface area contributed by atoms with Crippen molar-refractivity contribution in [1.29, 1.82) is 0 Å². The van der Waals surface area contributed by atoms with Crippen LogP contribution in [0.5, 0.6) is 0 Å². The fourth-order valence-corrected chi connectivity index (χ4v) is 6.92. The van der Waals surface area contributed by atoms with E-state index in [1.54, 1.807) is 0 Å². The second-order valence-corrected chi connectivity index (χ2v) is 11.9.